The van der Waals surface area contributed by atoms with Crippen LogP contribution in [0.1, 0.15) is 80.4 Å². The minimum atomic E-state index is -1.14. The third kappa shape index (κ3) is 7.72. The summed E-state index contributed by atoms with van der Waals surface area (Å²) in [6.07, 6.45) is 11.0. The molecule has 5 nitrogen and oxygen atoms in total. The van der Waals surface area contributed by atoms with Crippen LogP contribution in [0.4, 0.5) is 0 Å². The molecule has 4 rings (SSSR count). The number of Topliss-reactive ketones (excluding diaryl/α,β-unsaturated/α-hetero) is 1. The fraction of sp³-hybridized carbons (Fsp3) is 0.486. The molecular weight excluding hydrogens is 530 g/mol. The summed E-state index contributed by atoms with van der Waals surface area (Å²) in [6.45, 7) is 15.5. The molecule has 6 heteroatoms. The maximum atomic E-state index is 13.9. The van der Waals surface area contributed by atoms with E-state index in [4.69, 9.17) is 9.47 Å². The molecule has 2 aromatic carbocycles. The average Bonchev–Trinajstić information content (AvgIpc) is 3.33. The van der Waals surface area contributed by atoms with Gasteiger partial charge in [0.25, 0.3) is 0 Å². The number of nitrogens with zero attached hydrogens (tertiary/aromatic N) is 1. The average molecular weight is 576 g/mol. The van der Waals surface area contributed by atoms with Crippen molar-refractivity contribution in [2.45, 2.75) is 83.3 Å². The van der Waals surface area contributed by atoms with Crippen LogP contribution in [0.3, 0.4) is 0 Å². The van der Waals surface area contributed by atoms with E-state index in [0.29, 0.717) is 5.75 Å². The van der Waals surface area contributed by atoms with Gasteiger partial charge in [-0.15, -0.1) is 11.8 Å². The molecule has 1 fully saturated rings. The normalized spacial score (nSPS) is 19.7. The van der Waals surface area contributed by atoms with E-state index < -0.39 is 17.2 Å². The van der Waals surface area contributed by atoms with Crippen molar-refractivity contribution in [1.82, 2.24) is 4.90 Å². The second-order valence-electron chi connectivity index (χ2n) is 12.9. The lowest BCUT2D eigenvalue weighted by Gasteiger charge is -2.30. The summed E-state index contributed by atoms with van der Waals surface area (Å²) in [7, 11) is 0. The van der Waals surface area contributed by atoms with Crippen molar-refractivity contribution in [2.24, 2.45) is 5.92 Å². The van der Waals surface area contributed by atoms with E-state index in [9.17, 15) is 9.59 Å². The lowest BCUT2D eigenvalue weighted by atomic mass is 9.82. The highest BCUT2D eigenvalue weighted by Gasteiger charge is 2.40. The maximum Gasteiger partial charge on any atom is 0.350 e. The Labute approximate surface area is 250 Å². The standard InChI is InChI=1S/C35H45NO4S/c1-23-18-27(19-24(2)32(23)39-35(6,7)33(38)40-34(3,4)5)29-21-36(20-25-12-10-9-11-13-25)22-30(29)31(37)26-14-16-28(41-8)17-15-26/h10,12-19,29-30H,9,11,20-22H2,1-8H3/t29-,30?/m1/s1. The molecule has 2 atom stereocenters. The Balaban J connectivity index is 1.62. The molecular formula is C35H45NO4S. The van der Waals surface area contributed by atoms with Crippen LogP contribution in [0, 0.1) is 19.8 Å². The third-order valence-electron chi connectivity index (χ3n) is 7.74. The predicted octanol–water partition coefficient (Wildman–Crippen LogP) is 7.70. The molecule has 1 saturated heterocycles. The van der Waals surface area contributed by atoms with Gasteiger partial charge in [0.05, 0.1) is 0 Å². The van der Waals surface area contributed by atoms with Crippen molar-refractivity contribution in [1.29, 1.82) is 0 Å². The van der Waals surface area contributed by atoms with E-state index in [-0.39, 0.29) is 17.6 Å². The SMILES string of the molecule is CSc1ccc(C(=O)C2CN(CC3=CCCC=C3)C[C@@H]2c2cc(C)c(OC(C)(C)C(=O)OC(C)(C)C)c(C)c2)cc1. The number of carbonyl (C=O) groups excluding carboxylic acids is 2. The number of aryl methyl sites for hydroxylation is 2. The number of ketones is 1. The minimum Gasteiger partial charge on any atom is -0.476 e. The Morgan fingerprint density at radius 3 is 2.20 bits per heavy atom. The van der Waals surface area contributed by atoms with Gasteiger partial charge in [-0.2, -0.15) is 0 Å². The number of ether oxygens (including phenoxy) is 2. The summed E-state index contributed by atoms with van der Waals surface area (Å²) in [4.78, 5) is 30.4. The summed E-state index contributed by atoms with van der Waals surface area (Å²) < 4.78 is 11.9. The van der Waals surface area contributed by atoms with Gasteiger partial charge in [0.2, 0.25) is 0 Å². The largest absolute Gasteiger partial charge is 0.476 e. The van der Waals surface area contributed by atoms with Gasteiger partial charge in [-0.05, 0) is 102 Å². The molecule has 1 heterocycles. The highest BCUT2D eigenvalue weighted by molar-refractivity contribution is 7.98. The molecule has 0 aromatic heterocycles. The van der Waals surface area contributed by atoms with Crippen LogP contribution in [0.15, 0.2) is 65.1 Å². The molecule has 0 amide bonds. The third-order valence-corrected chi connectivity index (χ3v) is 8.49. The Kier molecular flexibility index (Phi) is 9.55. The summed E-state index contributed by atoms with van der Waals surface area (Å²) in [5, 5.41) is 0. The first kappa shape index (κ1) is 31.1. The van der Waals surface area contributed by atoms with Crippen LogP contribution in [0.5, 0.6) is 5.75 Å². The Hall–Kier alpha value is -2.83. The van der Waals surface area contributed by atoms with Crippen molar-refractivity contribution in [3.8, 4) is 5.75 Å². The molecule has 0 bridgehead atoms. The molecule has 2 aliphatic rings. The zero-order valence-electron chi connectivity index (χ0n) is 25.9. The monoisotopic (exact) mass is 575 g/mol. The first-order chi connectivity index (χ1) is 19.3. The highest BCUT2D eigenvalue weighted by Crippen LogP contribution is 2.39. The van der Waals surface area contributed by atoms with Crippen molar-refractivity contribution < 1.29 is 19.1 Å². The number of thioether (sulfide) groups is 1. The zero-order chi connectivity index (χ0) is 29.9. The molecule has 0 saturated carbocycles. The predicted molar refractivity (Wildman–Crippen MR) is 168 cm³/mol. The van der Waals surface area contributed by atoms with Crippen LogP contribution < -0.4 is 4.74 Å². The van der Waals surface area contributed by atoms with Gasteiger partial charge in [0.15, 0.2) is 11.4 Å². The second-order valence-corrected chi connectivity index (χ2v) is 13.7. The van der Waals surface area contributed by atoms with Crippen molar-refractivity contribution >= 4 is 23.5 Å². The molecule has 220 valence electrons. The van der Waals surface area contributed by atoms with Gasteiger partial charge >= 0.3 is 5.97 Å². The van der Waals surface area contributed by atoms with Crippen molar-refractivity contribution in [2.75, 3.05) is 25.9 Å². The molecule has 2 aromatic rings. The van der Waals surface area contributed by atoms with E-state index >= 15 is 0 Å². The molecule has 1 aliphatic heterocycles. The Morgan fingerprint density at radius 1 is 0.976 bits per heavy atom. The van der Waals surface area contributed by atoms with Crippen LogP contribution in [0.2, 0.25) is 0 Å². The fourth-order valence-corrected chi connectivity index (χ4v) is 6.10. The first-order valence-corrected chi connectivity index (χ1v) is 15.8. The van der Waals surface area contributed by atoms with E-state index in [1.165, 1.54) is 5.57 Å². The number of hydrogen-bond donors (Lipinski definition) is 0. The zero-order valence-corrected chi connectivity index (χ0v) is 26.7. The summed E-state index contributed by atoms with van der Waals surface area (Å²) in [6, 6.07) is 12.3. The maximum absolute atomic E-state index is 13.9. The number of rotatable bonds is 9. The van der Waals surface area contributed by atoms with Crippen LogP contribution in [-0.2, 0) is 9.53 Å². The quantitative estimate of drug-likeness (QED) is 0.174. The summed E-state index contributed by atoms with van der Waals surface area (Å²) in [5.74, 6) is 0.393. The van der Waals surface area contributed by atoms with Gasteiger partial charge in [0.1, 0.15) is 11.4 Å². The Morgan fingerprint density at radius 2 is 1.63 bits per heavy atom. The number of carbonyl (C=O) groups is 2. The molecule has 0 radical (unpaired) electrons. The smallest absolute Gasteiger partial charge is 0.350 e. The molecule has 0 spiro atoms. The molecule has 41 heavy (non-hydrogen) atoms. The molecule has 1 aliphatic carbocycles. The number of likely N-dealkylation sites (tertiary alicyclic amines) is 1. The number of benzene rings is 2. The topological polar surface area (TPSA) is 55.8 Å². The van der Waals surface area contributed by atoms with Gasteiger partial charge in [-0.3, -0.25) is 9.69 Å². The fourth-order valence-electron chi connectivity index (χ4n) is 5.69. The minimum absolute atomic E-state index is 0.0567. The molecule has 1 unspecified atom stereocenters. The highest BCUT2D eigenvalue weighted by atomic mass is 32.2. The van der Waals surface area contributed by atoms with Crippen molar-refractivity contribution in [3.05, 3.63) is 82.5 Å². The molecule has 0 N–H and O–H groups in total. The van der Waals surface area contributed by atoms with E-state index in [1.54, 1.807) is 25.6 Å². The lowest BCUT2D eigenvalue weighted by molar-refractivity contribution is -0.171. The van der Waals surface area contributed by atoms with E-state index in [2.05, 4.69) is 35.3 Å². The van der Waals surface area contributed by atoms with E-state index in [1.807, 2.05) is 65.1 Å². The number of hydrogen-bond acceptors (Lipinski definition) is 6. The van der Waals surface area contributed by atoms with Crippen LogP contribution in [-0.4, -0.2) is 53.7 Å². The summed E-state index contributed by atoms with van der Waals surface area (Å²) >= 11 is 1.68. The Bertz CT molecular complexity index is 1310. The van der Waals surface area contributed by atoms with E-state index in [0.717, 1.165) is 59.6 Å². The second kappa shape index (κ2) is 12.6. The summed E-state index contributed by atoms with van der Waals surface area (Å²) in [5.41, 5.74) is 3.39. The lowest BCUT2D eigenvalue weighted by Crippen LogP contribution is -2.43. The van der Waals surface area contributed by atoms with Gasteiger partial charge in [-0.1, -0.05) is 42.5 Å². The number of esters is 1. The number of allylic oxidation sites excluding steroid dienone is 2. The van der Waals surface area contributed by atoms with Crippen molar-refractivity contribution in [3.63, 3.8) is 0 Å². The van der Waals surface area contributed by atoms with Crippen LogP contribution in [0.25, 0.3) is 0 Å². The van der Waals surface area contributed by atoms with Gasteiger partial charge in [-0.25, -0.2) is 4.79 Å². The van der Waals surface area contributed by atoms with Gasteiger partial charge < -0.3 is 9.47 Å². The van der Waals surface area contributed by atoms with Crippen LogP contribution >= 0.6 is 11.8 Å². The first-order valence-electron chi connectivity index (χ1n) is 14.6. The van der Waals surface area contributed by atoms with Gasteiger partial charge in [0, 0.05) is 41.9 Å².